The van der Waals surface area contributed by atoms with E-state index in [1.165, 1.54) is 6.07 Å². The van der Waals surface area contributed by atoms with Gasteiger partial charge >= 0.3 is 11.9 Å². The van der Waals surface area contributed by atoms with Crippen LogP contribution in [0.15, 0.2) is 18.2 Å². The molecule has 0 aliphatic carbocycles. The Morgan fingerprint density at radius 3 is 2.56 bits per heavy atom. The second-order valence-electron chi connectivity index (χ2n) is 3.27. The van der Waals surface area contributed by atoms with Gasteiger partial charge in [0.2, 0.25) is 5.82 Å². The number of rotatable bonds is 5. The van der Waals surface area contributed by atoms with Crippen LogP contribution in [0.3, 0.4) is 0 Å². The summed E-state index contributed by atoms with van der Waals surface area (Å²) in [4.78, 5) is 13.5. The molecular weight excluding hydrogens is 260 g/mol. The maximum absolute atomic E-state index is 13.1. The number of nitrogens with one attached hydrogen (secondary N) is 1. The third-order valence-electron chi connectivity index (χ3n) is 1.82. The highest BCUT2D eigenvalue weighted by atomic mass is 19.4. The molecule has 0 unspecified atom stereocenters. The molecule has 0 amide bonds. The van der Waals surface area contributed by atoms with E-state index in [0.717, 1.165) is 12.1 Å². The number of nitro groups is 1. The molecule has 0 spiro atoms. The van der Waals surface area contributed by atoms with E-state index in [9.17, 15) is 27.7 Å². The summed E-state index contributed by atoms with van der Waals surface area (Å²) in [6, 6.07) is 2.99. The topological polar surface area (TPSA) is 64.4 Å². The highest BCUT2D eigenvalue weighted by Crippen LogP contribution is 2.18. The van der Waals surface area contributed by atoms with Gasteiger partial charge in [0.05, 0.1) is 4.92 Å². The van der Waals surface area contributed by atoms with Crippen LogP contribution in [-0.4, -0.2) is 17.7 Å². The Balaban J connectivity index is 2.49. The molecule has 0 saturated heterocycles. The van der Waals surface area contributed by atoms with Crippen molar-refractivity contribution in [2.45, 2.75) is 12.7 Å². The molecule has 0 fully saturated rings. The van der Waals surface area contributed by atoms with Gasteiger partial charge in [-0.2, -0.15) is 23.0 Å². The number of hydrogen-bond donors (Lipinski definition) is 1. The fourth-order valence-electron chi connectivity index (χ4n) is 1.08. The van der Waals surface area contributed by atoms with Gasteiger partial charge in [0.15, 0.2) is 6.61 Å². The summed E-state index contributed by atoms with van der Waals surface area (Å²) < 4.78 is 48.2. The van der Waals surface area contributed by atoms with E-state index >= 15 is 0 Å². The highest BCUT2D eigenvalue weighted by molar-refractivity contribution is 5.34. The number of benzene rings is 1. The van der Waals surface area contributed by atoms with Crippen LogP contribution in [0.25, 0.3) is 0 Å². The molecule has 1 aromatic rings. The van der Waals surface area contributed by atoms with E-state index in [2.05, 4.69) is 4.84 Å². The lowest BCUT2D eigenvalue weighted by atomic mass is 10.2. The van der Waals surface area contributed by atoms with Crippen LogP contribution in [0.2, 0.25) is 0 Å². The summed E-state index contributed by atoms with van der Waals surface area (Å²) in [6.07, 6.45) is -4.46. The van der Waals surface area contributed by atoms with E-state index in [4.69, 9.17) is 0 Å². The van der Waals surface area contributed by atoms with Crippen molar-refractivity contribution >= 4 is 5.69 Å². The molecule has 0 saturated carbocycles. The first-order valence-electron chi connectivity index (χ1n) is 4.64. The minimum absolute atomic E-state index is 0.203. The molecule has 0 atom stereocenters. The van der Waals surface area contributed by atoms with Crippen LogP contribution in [0.4, 0.5) is 23.2 Å². The fraction of sp³-hybridized carbons (Fsp3) is 0.333. The molecular formula is C9H8F4N2O3. The number of nitro benzene ring substituents is 1. The second-order valence-corrected chi connectivity index (χ2v) is 3.27. The van der Waals surface area contributed by atoms with Gasteiger partial charge in [0.25, 0.3) is 0 Å². The Hall–Kier alpha value is -1.74. The van der Waals surface area contributed by atoms with Crippen LogP contribution in [0, 0.1) is 15.9 Å². The number of alkyl halides is 3. The molecule has 1 rings (SSSR count). The largest absolute Gasteiger partial charge is 0.413 e. The van der Waals surface area contributed by atoms with Crippen molar-refractivity contribution in [3.05, 3.63) is 39.7 Å². The summed E-state index contributed by atoms with van der Waals surface area (Å²) in [6.45, 7) is -1.69. The zero-order chi connectivity index (χ0) is 13.8. The van der Waals surface area contributed by atoms with E-state index < -0.39 is 29.2 Å². The Morgan fingerprint density at radius 2 is 2.06 bits per heavy atom. The molecule has 1 aromatic carbocycles. The minimum atomic E-state index is -4.46. The lowest BCUT2D eigenvalue weighted by Gasteiger charge is -2.08. The molecule has 100 valence electrons. The van der Waals surface area contributed by atoms with Gasteiger partial charge in [-0.15, -0.1) is 0 Å². The van der Waals surface area contributed by atoms with Crippen LogP contribution in [0.5, 0.6) is 0 Å². The first kappa shape index (κ1) is 14.3. The van der Waals surface area contributed by atoms with Gasteiger partial charge < -0.3 is 0 Å². The van der Waals surface area contributed by atoms with E-state index in [1.807, 2.05) is 5.48 Å². The SMILES string of the molecule is O=[N+]([O-])c1ccc(CNOCC(F)(F)F)cc1F. The summed E-state index contributed by atoms with van der Waals surface area (Å²) in [5.74, 6) is -1.06. The van der Waals surface area contributed by atoms with E-state index in [1.54, 1.807) is 0 Å². The average Bonchev–Trinajstić information content (AvgIpc) is 2.22. The van der Waals surface area contributed by atoms with Crippen molar-refractivity contribution in [1.29, 1.82) is 0 Å². The molecule has 0 aliphatic rings. The van der Waals surface area contributed by atoms with Gasteiger partial charge in [-0.25, -0.2) is 0 Å². The number of hydroxylamine groups is 1. The number of halogens is 4. The van der Waals surface area contributed by atoms with Crippen LogP contribution >= 0.6 is 0 Å². The summed E-state index contributed by atoms with van der Waals surface area (Å²) in [5, 5.41) is 10.3. The van der Waals surface area contributed by atoms with Crippen molar-refractivity contribution in [2.24, 2.45) is 0 Å². The van der Waals surface area contributed by atoms with Crippen molar-refractivity contribution in [3.63, 3.8) is 0 Å². The van der Waals surface area contributed by atoms with Crippen molar-refractivity contribution in [3.8, 4) is 0 Å². The van der Waals surface area contributed by atoms with Crippen molar-refractivity contribution < 1.29 is 27.3 Å². The fourth-order valence-corrected chi connectivity index (χ4v) is 1.08. The van der Waals surface area contributed by atoms with Crippen LogP contribution in [-0.2, 0) is 11.4 Å². The first-order chi connectivity index (χ1) is 8.29. The molecule has 0 aliphatic heterocycles. The highest BCUT2D eigenvalue weighted by Gasteiger charge is 2.27. The Morgan fingerprint density at radius 1 is 1.39 bits per heavy atom. The number of hydrogen-bond acceptors (Lipinski definition) is 4. The lowest BCUT2D eigenvalue weighted by molar-refractivity contribution is -0.387. The van der Waals surface area contributed by atoms with Crippen molar-refractivity contribution in [2.75, 3.05) is 6.61 Å². The third-order valence-corrected chi connectivity index (χ3v) is 1.82. The summed E-state index contributed by atoms with van der Waals surface area (Å²) in [5.41, 5.74) is 1.50. The zero-order valence-electron chi connectivity index (χ0n) is 8.83. The molecule has 0 bridgehead atoms. The van der Waals surface area contributed by atoms with Crippen LogP contribution in [0.1, 0.15) is 5.56 Å². The number of nitrogens with zero attached hydrogens (tertiary/aromatic N) is 1. The Kier molecular flexibility index (Phi) is 4.56. The first-order valence-corrected chi connectivity index (χ1v) is 4.64. The Labute approximate surface area is 98.5 Å². The molecule has 1 N–H and O–H groups in total. The lowest BCUT2D eigenvalue weighted by Crippen LogP contribution is -2.24. The normalized spacial score (nSPS) is 11.6. The summed E-state index contributed by atoms with van der Waals surface area (Å²) >= 11 is 0. The van der Waals surface area contributed by atoms with Gasteiger partial charge in [-0.3, -0.25) is 15.0 Å². The molecule has 5 nitrogen and oxygen atoms in total. The molecule has 0 heterocycles. The minimum Gasteiger partial charge on any atom is -0.292 e. The molecule has 0 radical (unpaired) electrons. The van der Waals surface area contributed by atoms with E-state index in [-0.39, 0.29) is 12.1 Å². The monoisotopic (exact) mass is 268 g/mol. The van der Waals surface area contributed by atoms with Gasteiger partial charge in [-0.1, -0.05) is 6.07 Å². The average molecular weight is 268 g/mol. The standard InChI is InChI=1S/C9H8F4N2O3/c10-7-3-6(1-2-8(7)15(16)17)4-14-18-5-9(11,12)13/h1-3,14H,4-5H2. The predicted molar refractivity (Wildman–Crippen MR) is 51.9 cm³/mol. The summed E-state index contributed by atoms with van der Waals surface area (Å²) in [7, 11) is 0. The maximum atomic E-state index is 13.1. The van der Waals surface area contributed by atoms with Crippen molar-refractivity contribution in [1.82, 2.24) is 5.48 Å². The smallest absolute Gasteiger partial charge is 0.292 e. The van der Waals surface area contributed by atoms with Gasteiger partial charge in [0, 0.05) is 12.6 Å². The Bertz CT molecular complexity index is 436. The van der Waals surface area contributed by atoms with Gasteiger partial charge in [-0.05, 0) is 11.6 Å². The molecule has 0 aromatic heterocycles. The molecule has 18 heavy (non-hydrogen) atoms. The van der Waals surface area contributed by atoms with Crippen LogP contribution < -0.4 is 5.48 Å². The predicted octanol–water partition coefficient (Wildman–Crippen LogP) is 2.32. The molecule has 9 heteroatoms. The zero-order valence-corrected chi connectivity index (χ0v) is 8.83. The van der Waals surface area contributed by atoms with E-state index in [0.29, 0.717) is 0 Å². The second kappa shape index (κ2) is 5.74. The third kappa shape index (κ3) is 4.63. The quantitative estimate of drug-likeness (QED) is 0.385. The maximum Gasteiger partial charge on any atom is 0.413 e. The van der Waals surface area contributed by atoms with Gasteiger partial charge in [0.1, 0.15) is 0 Å².